The van der Waals surface area contributed by atoms with Gasteiger partial charge in [-0.05, 0) is 48.2 Å². The SMILES string of the molecule is [2H]C([2H])([2H])C([2H])([2H])Oc1ccc(Cc2cc([C@@H]3O[C@H](CO)[C@@H](O)[C@H](O[C@@H]4O[C@H](C(=O)O)[C@@H](O)[C@H](O)[C@H]4O)[C@H]3O)ccc2Cl)cc1. The lowest BCUT2D eigenvalue weighted by Crippen LogP contribution is -2.64. The van der Waals surface area contributed by atoms with Gasteiger partial charge < -0.3 is 54.7 Å². The molecule has 0 bridgehead atoms. The number of ether oxygens (including phenoxy) is 4. The molecular formula is C27H33ClO12. The molecule has 10 atom stereocenters. The van der Waals surface area contributed by atoms with Crippen molar-refractivity contribution in [2.24, 2.45) is 0 Å². The van der Waals surface area contributed by atoms with Gasteiger partial charge in [0.25, 0.3) is 0 Å². The second-order valence-electron chi connectivity index (χ2n) is 9.47. The predicted octanol–water partition coefficient (Wildman–Crippen LogP) is -0.239. The number of aliphatic hydroxyl groups is 6. The Morgan fingerprint density at radius 1 is 1.00 bits per heavy atom. The summed E-state index contributed by atoms with van der Waals surface area (Å²) in [6.45, 7) is -6.64. The number of hydrogen-bond acceptors (Lipinski definition) is 11. The highest BCUT2D eigenvalue weighted by Crippen LogP contribution is 2.37. The number of aliphatic hydroxyl groups excluding tert-OH is 6. The summed E-state index contributed by atoms with van der Waals surface area (Å²) in [6, 6.07) is 10.6. The first kappa shape index (κ1) is 24.3. The van der Waals surface area contributed by atoms with E-state index in [4.69, 9.17) is 37.4 Å². The smallest absolute Gasteiger partial charge is 0.335 e. The topological polar surface area (TPSA) is 196 Å². The number of hydrogen-bond donors (Lipinski definition) is 7. The minimum Gasteiger partial charge on any atom is -0.494 e. The zero-order valence-corrected chi connectivity index (χ0v) is 21.5. The summed E-state index contributed by atoms with van der Waals surface area (Å²) >= 11 is 6.43. The second-order valence-corrected chi connectivity index (χ2v) is 9.88. The maximum atomic E-state index is 11.5. The van der Waals surface area contributed by atoms with Crippen molar-refractivity contribution in [3.05, 3.63) is 64.2 Å². The van der Waals surface area contributed by atoms with E-state index in [2.05, 4.69) is 0 Å². The average Bonchev–Trinajstić information content (AvgIpc) is 2.96. The van der Waals surface area contributed by atoms with Crippen LogP contribution >= 0.6 is 11.6 Å². The molecule has 2 aliphatic heterocycles. The molecule has 12 nitrogen and oxygen atoms in total. The van der Waals surface area contributed by atoms with Crippen LogP contribution in [-0.4, -0.2) is 110 Å². The maximum absolute atomic E-state index is 11.5. The lowest BCUT2D eigenvalue weighted by Gasteiger charge is -2.46. The third-order valence-corrected chi connectivity index (χ3v) is 7.22. The van der Waals surface area contributed by atoms with Gasteiger partial charge in [0.1, 0.15) is 54.6 Å². The maximum Gasteiger partial charge on any atom is 0.335 e. The van der Waals surface area contributed by atoms with E-state index >= 15 is 0 Å². The molecule has 4 rings (SSSR count). The Labute approximate surface area is 241 Å². The van der Waals surface area contributed by atoms with E-state index in [1.165, 1.54) is 24.3 Å². The van der Waals surface area contributed by atoms with Crippen molar-refractivity contribution in [3.8, 4) is 5.75 Å². The van der Waals surface area contributed by atoms with Crippen molar-refractivity contribution < 1.29 is 66.3 Å². The number of aliphatic carboxylic acids is 1. The number of rotatable bonds is 9. The third kappa shape index (κ3) is 6.42. The minimum atomic E-state index is -3.01. The van der Waals surface area contributed by atoms with Crippen LogP contribution in [-0.2, 0) is 25.4 Å². The van der Waals surface area contributed by atoms with Crippen molar-refractivity contribution >= 4 is 17.6 Å². The molecule has 0 aromatic heterocycles. The zero-order valence-electron chi connectivity index (χ0n) is 25.8. The van der Waals surface area contributed by atoms with Crippen LogP contribution in [0.5, 0.6) is 5.75 Å². The van der Waals surface area contributed by atoms with Gasteiger partial charge in [0.2, 0.25) is 0 Å². The van der Waals surface area contributed by atoms with Gasteiger partial charge in [0, 0.05) is 9.13 Å². The number of carboxylic acids is 1. The molecule has 2 saturated heterocycles. The van der Waals surface area contributed by atoms with E-state index in [1.54, 1.807) is 18.2 Å². The van der Waals surface area contributed by atoms with Gasteiger partial charge in [-0.15, -0.1) is 0 Å². The standard InChI is InChI=1S/C27H33ClO12/c1-2-37-15-6-3-12(4-7-15)9-14-10-13(5-8-16(14)28)23-22(34)24(18(30)17(11-29)38-23)39-27-21(33)19(31)20(32)25(40-27)26(35)36/h3-8,10,17-25,27,29-34H,2,9,11H2,1H3,(H,35,36)/t17-,18-,19+,20+,21-,22+,23+,24+,25+,27-/m1/s1/i1D3,2D2. The Morgan fingerprint density at radius 3 is 2.38 bits per heavy atom. The molecule has 0 aliphatic carbocycles. The predicted molar refractivity (Wildman–Crippen MR) is 138 cm³/mol. The second kappa shape index (κ2) is 13.1. The van der Waals surface area contributed by atoms with Crippen molar-refractivity contribution in [3.63, 3.8) is 0 Å². The molecule has 2 aromatic carbocycles. The summed E-state index contributed by atoms with van der Waals surface area (Å²) in [5.41, 5.74) is 1.53. The molecule has 0 amide bonds. The number of carbonyl (C=O) groups is 1. The van der Waals surface area contributed by atoms with E-state index in [9.17, 15) is 40.5 Å². The quantitative estimate of drug-likeness (QED) is 0.203. The van der Waals surface area contributed by atoms with Crippen LogP contribution < -0.4 is 4.74 Å². The number of carboxylic acid groups (broad SMARTS) is 1. The first-order valence-electron chi connectivity index (χ1n) is 14.7. The van der Waals surface area contributed by atoms with Gasteiger partial charge in [-0.25, -0.2) is 4.79 Å². The third-order valence-electron chi connectivity index (χ3n) is 6.86. The van der Waals surface area contributed by atoms with Gasteiger partial charge in [0.05, 0.1) is 15.9 Å². The molecule has 2 fully saturated rings. The van der Waals surface area contributed by atoms with Crippen molar-refractivity contribution in [2.75, 3.05) is 13.2 Å². The lowest BCUT2D eigenvalue weighted by molar-refractivity contribution is -0.337. The van der Waals surface area contributed by atoms with Crippen LogP contribution in [0.15, 0.2) is 42.5 Å². The monoisotopic (exact) mass is 589 g/mol. The first-order chi connectivity index (χ1) is 20.9. The molecule has 0 unspecified atom stereocenters. The highest BCUT2D eigenvalue weighted by atomic mass is 35.5. The van der Waals surface area contributed by atoms with Crippen molar-refractivity contribution in [1.82, 2.24) is 0 Å². The molecular weight excluding hydrogens is 552 g/mol. The van der Waals surface area contributed by atoms with Gasteiger partial charge >= 0.3 is 5.97 Å². The van der Waals surface area contributed by atoms with Gasteiger partial charge in [-0.3, -0.25) is 0 Å². The lowest BCUT2D eigenvalue weighted by atomic mass is 9.89. The highest BCUT2D eigenvalue weighted by molar-refractivity contribution is 6.31. The molecule has 2 heterocycles. The molecule has 13 heteroatoms. The summed E-state index contributed by atoms with van der Waals surface area (Å²) in [4.78, 5) is 11.5. The summed E-state index contributed by atoms with van der Waals surface area (Å²) < 4.78 is 58.5. The van der Waals surface area contributed by atoms with Crippen LogP contribution in [0.3, 0.4) is 0 Å². The fourth-order valence-electron chi connectivity index (χ4n) is 4.70. The van der Waals surface area contributed by atoms with Gasteiger partial charge in [-0.2, -0.15) is 0 Å². The fraction of sp³-hybridized carbons (Fsp3) is 0.519. The molecule has 2 aliphatic rings. The van der Waals surface area contributed by atoms with Crippen LogP contribution in [0.25, 0.3) is 0 Å². The average molecular weight is 590 g/mol. The van der Waals surface area contributed by atoms with Gasteiger partial charge in [-0.1, -0.05) is 35.9 Å². The van der Waals surface area contributed by atoms with Crippen molar-refractivity contribution in [2.45, 2.75) is 74.5 Å². The summed E-state index contributed by atoms with van der Waals surface area (Å²) in [5.74, 6) is -1.67. The molecule has 0 saturated carbocycles. The van der Waals surface area contributed by atoms with Crippen molar-refractivity contribution in [1.29, 1.82) is 0 Å². The molecule has 40 heavy (non-hydrogen) atoms. The molecule has 7 N–H and O–H groups in total. The van der Waals surface area contributed by atoms with E-state index in [0.29, 0.717) is 21.7 Å². The van der Waals surface area contributed by atoms with E-state index < -0.39 is 87.2 Å². The first-order valence-corrected chi connectivity index (χ1v) is 12.6. The van der Waals surface area contributed by atoms with E-state index in [1.807, 2.05) is 0 Å². The Bertz CT molecular complexity index is 1330. The number of benzene rings is 2. The van der Waals surface area contributed by atoms with E-state index in [0.717, 1.165) is 0 Å². The van der Waals surface area contributed by atoms with Crippen LogP contribution in [0.2, 0.25) is 5.02 Å². The summed E-state index contributed by atoms with van der Waals surface area (Å²) in [7, 11) is 0. The highest BCUT2D eigenvalue weighted by Gasteiger charge is 2.52. The normalized spacial score (nSPS) is 36.9. The fourth-order valence-corrected chi connectivity index (χ4v) is 4.89. The summed E-state index contributed by atoms with van der Waals surface area (Å²) in [6.07, 6.45) is -17.2. The Hall–Kier alpha value is -2.36. The molecule has 0 spiro atoms. The van der Waals surface area contributed by atoms with Crippen LogP contribution in [0, 0.1) is 0 Å². The van der Waals surface area contributed by atoms with Gasteiger partial charge in [0.15, 0.2) is 12.4 Å². The largest absolute Gasteiger partial charge is 0.494 e. The van der Waals surface area contributed by atoms with Crippen LogP contribution in [0.1, 0.15) is 36.5 Å². The molecule has 220 valence electrons. The number of halogens is 1. The van der Waals surface area contributed by atoms with E-state index in [-0.39, 0.29) is 12.2 Å². The Morgan fingerprint density at radius 2 is 1.73 bits per heavy atom. The Balaban J connectivity index is 1.54. The Kier molecular flexibility index (Phi) is 7.94. The van der Waals surface area contributed by atoms with Crippen LogP contribution in [0.4, 0.5) is 0 Å². The summed E-state index contributed by atoms with van der Waals surface area (Å²) in [5, 5.41) is 72.0. The minimum absolute atomic E-state index is 0.0122. The molecule has 2 aromatic rings. The zero-order chi connectivity index (χ0) is 33.4. The molecule has 0 radical (unpaired) electrons.